The van der Waals surface area contributed by atoms with Crippen molar-refractivity contribution in [1.29, 1.82) is 0 Å². The number of carbonyl (C=O) groups is 1. The second kappa shape index (κ2) is 9.15. The number of likely N-dealkylation sites (tertiary alicyclic amines) is 1. The Kier molecular flexibility index (Phi) is 6.35. The second-order valence-electron chi connectivity index (χ2n) is 9.07. The van der Waals surface area contributed by atoms with Crippen LogP contribution in [0.5, 0.6) is 0 Å². The van der Waals surface area contributed by atoms with Crippen LogP contribution >= 0.6 is 0 Å². The summed E-state index contributed by atoms with van der Waals surface area (Å²) in [6.07, 6.45) is 5.33. The number of hydrogen-bond donors (Lipinski definition) is 0. The SMILES string of the molecule is Cc1nc([C@@H]2CCCN(C(=O)C(C)C)C2)nc2c1CCCN2CCc1ccccc1. The fourth-order valence-corrected chi connectivity index (χ4v) is 4.77. The quantitative estimate of drug-likeness (QED) is 0.749. The van der Waals surface area contributed by atoms with Gasteiger partial charge in [-0.2, -0.15) is 0 Å². The highest BCUT2D eigenvalue weighted by atomic mass is 16.2. The maximum atomic E-state index is 12.5. The topological polar surface area (TPSA) is 49.3 Å². The molecule has 0 bridgehead atoms. The van der Waals surface area contributed by atoms with Gasteiger partial charge < -0.3 is 9.80 Å². The molecule has 0 N–H and O–H groups in total. The molecule has 5 heteroatoms. The molecule has 3 heterocycles. The Morgan fingerprint density at radius 3 is 2.70 bits per heavy atom. The highest BCUT2D eigenvalue weighted by Gasteiger charge is 2.30. The molecular weight excluding hydrogens is 372 g/mol. The minimum atomic E-state index is 0.0448. The number of rotatable bonds is 5. The third-order valence-electron chi connectivity index (χ3n) is 6.47. The van der Waals surface area contributed by atoms with Crippen LogP contribution in [0.2, 0.25) is 0 Å². The molecule has 2 aliphatic heterocycles. The zero-order chi connectivity index (χ0) is 21.1. The first-order chi connectivity index (χ1) is 14.5. The van der Waals surface area contributed by atoms with Gasteiger partial charge in [0.25, 0.3) is 0 Å². The van der Waals surface area contributed by atoms with Gasteiger partial charge in [0, 0.05) is 49.3 Å². The smallest absolute Gasteiger partial charge is 0.225 e. The lowest BCUT2D eigenvalue weighted by Crippen LogP contribution is -2.42. The molecule has 1 saturated heterocycles. The molecule has 1 atom stereocenters. The van der Waals surface area contributed by atoms with Gasteiger partial charge >= 0.3 is 0 Å². The normalized spacial score (nSPS) is 19.1. The summed E-state index contributed by atoms with van der Waals surface area (Å²) in [5.41, 5.74) is 3.79. The highest BCUT2D eigenvalue weighted by molar-refractivity contribution is 5.78. The third kappa shape index (κ3) is 4.50. The molecule has 1 aromatic heterocycles. The van der Waals surface area contributed by atoms with Crippen molar-refractivity contribution in [1.82, 2.24) is 14.9 Å². The van der Waals surface area contributed by atoms with Crippen molar-refractivity contribution in [2.24, 2.45) is 5.92 Å². The number of hydrogen-bond acceptors (Lipinski definition) is 4. The Bertz CT molecular complexity index is 880. The molecule has 30 heavy (non-hydrogen) atoms. The molecule has 160 valence electrons. The number of nitrogens with zero attached hydrogens (tertiary/aromatic N) is 4. The van der Waals surface area contributed by atoms with Gasteiger partial charge in [0.1, 0.15) is 11.6 Å². The lowest BCUT2D eigenvalue weighted by molar-refractivity contribution is -0.135. The van der Waals surface area contributed by atoms with Crippen molar-refractivity contribution in [3.8, 4) is 0 Å². The summed E-state index contributed by atoms with van der Waals surface area (Å²) in [4.78, 5) is 27.0. The molecule has 0 saturated carbocycles. The summed E-state index contributed by atoms with van der Waals surface area (Å²) < 4.78 is 0. The Hall–Kier alpha value is -2.43. The van der Waals surface area contributed by atoms with E-state index in [1.165, 1.54) is 11.1 Å². The maximum Gasteiger partial charge on any atom is 0.225 e. The van der Waals surface area contributed by atoms with Gasteiger partial charge in [-0.1, -0.05) is 44.2 Å². The predicted molar refractivity (Wildman–Crippen MR) is 121 cm³/mol. The zero-order valence-electron chi connectivity index (χ0n) is 18.6. The number of anilines is 1. The van der Waals surface area contributed by atoms with E-state index in [1.807, 2.05) is 18.7 Å². The number of amides is 1. The van der Waals surface area contributed by atoms with Crippen molar-refractivity contribution in [3.05, 3.63) is 53.0 Å². The number of fused-ring (bicyclic) bond motifs is 1. The molecular formula is C25H34N4O. The van der Waals surface area contributed by atoms with Crippen molar-refractivity contribution >= 4 is 11.7 Å². The zero-order valence-corrected chi connectivity index (χ0v) is 18.6. The monoisotopic (exact) mass is 406 g/mol. The van der Waals surface area contributed by atoms with Crippen LogP contribution in [0.4, 0.5) is 5.82 Å². The van der Waals surface area contributed by atoms with E-state index >= 15 is 0 Å². The average molecular weight is 407 g/mol. The van der Waals surface area contributed by atoms with Gasteiger partial charge in [0.2, 0.25) is 5.91 Å². The Labute approximate surface area is 180 Å². The molecule has 1 amide bonds. The number of piperidine rings is 1. The molecule has 0 radical (unpaired) electrons. The predicted octanol–water partition coefficient (Wildman–Crippen LogP) is 4.14. The van der Waals surface area contributed by atoms with Crippen molar-refractivity contribution < 1.29 is 4.79 Å². The van der Waals surface area contributed by atoms with E-state index in [-0.39, 0.29) is 17.7 Å². The summed E-state index contributed by atoms with van der Waals surface area (Å²) in [6.45, 7) is 9.74. The summed E-state index contributed by atoms with van der Waals surface area (Å²) in [5.74, 6) is 2.59. The molecule has 2 aliphatic rings. The second-order valence-corrected chi connectivity index (χ2v) is 9.07. The number of carbonyl (C=O) groups excluding carboxylic acids is 1. The minimum Gasteiger partial charge on any atom is -0.356 e. The largest absolute Gasteiger partial charge is 0.356 e. The van der Waals surface area contributed by atoms with E-state index in [0.29, 0.717) is 0 Å². The van der Waals surface area contributed by atoms with E-state index in [4.69, 9.17) is 9.97 Å². The molecule has 1 aromatic carbocycles. The molecule has 4 rings (SSSR count). The van der Waals surface area contributed by atoms with Crippen LogP contribution in [0.25, 0.3) is 0 Å². The van der Waals surface area contributed by atoms with Crippen LogP contribution in [0.1, 0.15) is 61.7 Å². The number of aromatic nitrogens is 2. The Balaban J connectivity index is 1.55. The lowest BCUT2D eigenvalue weighted by Gasteiger charge is -2.35. The molecule has 5 nitrogen and oxygen atoms in total. The average Bonchev–Trinajstić information content (AvgIpc) is 2.78. The molecule has 1 fully saturated rings. The van der Waals surface area contributed by atoms with Gasteiger partial charge in [-0.25, -0.2) is 9.97 Å². The van der Waals surface area contributed by atoms with Crippen LogP contribution in [0.3, 0.4) is 0 Å². The van der Waals surface area contributed by atoms with Crippen LogP contribution in [0, 0.1) is 12.8 Å². The van der Waals surface area contributed by atoms with E-state index in [2.05, 4.69) is 42.2 Å². The van der Waals surface area contributed by atoms with Crippen LogP contribution in [0.15, 0.2) is 30.3 Å². The fraction of sp³-hybridized carbons (Fsp3) is 0.560. The van der Waals surface area contributed by atoms with Crippen molar-refractivity contribution in [2.45, 2.75) is 58.8 Å². The van der Waals surface area contributed by atoms with Crippen molar-refractivity contribution in [3.63, 3.8) is 0 Å². The van der Waals surface area contributed by atoms with Gasteiger partial charge in [-0.05, 0) is 44.6 Å². The first kappa shape index (κ1) is 20.8. The minimum absolute atomic E-state index is 0.0448. The number of aryl methyl sites for hydroxylation is 1. The summed E-state index contributed by atoms with van der Waals surface area (Å²) in [7, 11) is 0. The fourth-order valence-electron chi connectivity index (χ4n) is 4.77. The highest BCUT2D eigenvalue weighted by Crippen LogP contribution is 2.32. The van der Waals surface area contributed by atoms with Crippen LogP contribution in [-0.2, 0) is 17.6 Å². The van der Waals surface area contributed by atoms with Gasteiger partial charge in [0.15, 0.2) is 0 Å². The Morgan fingerprint density at radius 1 is 1.13 bits per heavy atom. The number of benzene rings is 1. The summed E-state index contributed by atoms with van der Waals surface area (Å²) >= 11 is 0. The molecule has 0 unspecified atom stereocenters. The van der Waals surface area contributed by atoms with Gasteiger partial charge in [0.05, 0.1) is 0 Å². The lowest BCUT2D eigenvalue weighted by atomic mass is 9.95. The molecule has 0 spiro atoms. The van der Waals surface area contributed by atoms with Crippen LogP contribution in [-0.4, -0.2) is 47.0 Å². The van der Waals surface area contributed by atoms with E-state index in [9.17, 15) is 4.79 Å². The van der Waals surface area contributed by atoms with E-state index in [0.717, 1.165) is 75.6 Å². The van der Waals surface area contributed by atoms with Gasteiger partial charge in [-0.15, -0.1) is 0 Å². The van der Waals surface area contributed by atoms with E-state index in [1.54, 1.807) is 0 Å². The molecule has 0 aliphatic carbocycles. The van der Waals surface area contributed by atoms with Crippen molar-refractivity contribution in [2.75, 3.05) is 31.1 Å². The van der Waals surface area contributed by atoms with Gasteiger partial charge in [-0.3, -0.25) is 4.79 Å². The maximum absolute atomic E-state index is 12.5. The summed E-state index contributed by atoms with van der Waals surface area (Å²) in [5, 5.41) is 0. The molecule has 2 aromatic rings. The third-order valence-corrected chi connectivity index (χ3v) is 6.47. The van der Waals surface area contributed by atoms with Crippen LogP contribution < -0.4 is 4.90 Å². The standard InChI is InChI=1S/C25H34N4O/c1-18(2)25(30)29-15-7-11-21(17-29)23-26-19(3)22-12-8-14-28(24(22)27-23)16-13-20-9-5-4-6-10-20/h4-6,9-10,18,21H,7-8,11-17H2,1-3H3/t21-/m1/s1. The summed E-state index contributed by atoms with van der Waals surface area (Å²) in [6, 6.07) is 10.7. The first-order valence-electron chi connectivity index (χ1n) is 11.5. The van der Waals surface area contributed by atoms with E-state index < -0.39 is 0 Å². The first-order valence-corrected chi connectivity index (χ1v) is 11.5. The Morgan fingerprint density at radius 2 is 1.93 bits per heavy atom.